The molecule has 0 heterocycles. The SMILES string of the molecule is CC(C)CC(C)CS(=O)c1ccc(C(=O)O)cc1. The number of benzene rings is 1. The second-order valence-electron chi connectivity index (χ2n) is 5.08. The van der Waals surface area contributed by atoms with Crippen LogP contribution in [0.4, 0.5) is 0 Å². The van der Waals surface area contributed by atoms with Crippen LogP contribution in [-0.4, -0.2) is 21.0 Å². The Hall–Kier alpha value is -1.16. The second kappa shape index (κ2) is 6.69. The number of carbonyl (C=O) groups is 1. The van der Waals surface area contributed by atoms with Crippen LogP contribution < -0.4 is 0 Å². The summed E-state index contributed by atoms with van der Waals surface area (Å²) in [6.07, 6.45) is 1.05. The second-order valence-corrected chi connectivity index (χ2v) is 6.57. The van der Waals surface area contributed by atoms with Gasteiger partial charge in [0.05, 0.1) is 16.4 Å². The van der Waals surface area contributed by atoms with Gasteiger partial charge in [0, 0.05) is 10.6 Å². The van der Waals surface area contributed by atoms with Gasteiger partial charge in [0.15, 0.2) is 0 Å². The van der Waals surface area contributed by atoms with Gasteiger partial charge in [0.2, 0.25) is 0 Å². The van der Waals surface area contributed by atoms with Gasteiger partial charge in [-0.1, -0.05) is 20.8 Å². The monoisotopic (exact) mass is 268 g/mol. The minimum Gasteiger partial charge on any atom is -0.478 e. The van der Waals surface area contributed by atoms with Crippen molar-refractivity contribution in [3.05, 3.63) is 29.8 Å². The van der Waals surface area contributed by atoms with Gasteiger partial charge in [0.1, 0.15) is 0 Å². The van der Waals surface area contributed by atoms with Crippen molar-refractivity contribution in [2.24, 2.45) is 11.8 Å². The van der Waals surface area contributed by atoms with E-state index in [1.807, 2.05) is 0 Å². The van der Waals surface area contributed by atoms with Crippen molar-refractivity contribution in [3.63, 3.8) is 0 Å². The summed E-state index contributed by atoms with van der Waals surface area (Å²) >= 11 is 0. The highest BCUT2D eigenvalue weighted by atomic mass is 32.2. The fourth-order valence-electron chi connectivity index (χ4n) is 1.98. The molecular formula is C14H20O3S. The summed E-state index contributed by atoms with van der Waals surface area (Å²) in [4.78, 5) is 11.4. The fraction of sp³-hybridized carbons (Fsp3) is 0.500. The maximum atomic E-state index is 12.1. The molecule has 0 aliphatic carbocycles. The van der Waals surface area contributed by atoms with E-state index in [0.29, 0.717) is 22.5 Å². The van der Waals surface area contributed by atoms with Crippen LogP contribution in [0.5, 0.6) is 0 Å². The van der Waals surface area contributed by atoms with Crippen LogP contribution in [-0.2, 0) is 10.8 Å². The number of hydrogen-bond acceptors (Lipinski definition) is 2. The van der Waals surface area contributed by atoms with Crippen LogP contribution in [0.2, 0.25) is 0 Å². The van der Waals surface area contributed by atoms with Gasteiger partial charge in [-0.25, -0.2) is 4.79 Å². The lowest BCUT2D eigenvalue weighted by atomic mass is 10.0. The third-order valence-corrected chi connectivity index (χ3v) is 4.34. The van der Waals surface area contributed by atoms with Gasteiger partial charge in [-0.05, 0) is 42.5 Å². The predicted octanol–water partition coefficient (Wildman–Crippen LogP) is 3.17. The zero-order valence-electron chi connectivity index (χ0n) is 11.1. The molecule has 0 aromatic heterocycles. The maximum Gasteiger partial charge on any atom is 0.335 e. The average molecular weight is 268 g/mol. The maximum absolute atomic E-state index is 12.1. The zero-order valence-corrected chi connectivity index (χ0v) is 11.9. The first-order valence-electron chi connectivity index (χ1n) is 6.12. The zero-order chi connectivity index (χ0) is 13.7. The van der Waals surface area contributed by atoms with Crippen LogP contribution in [0.15, 0.2) is 29.2 Å². The molecule has 0 aliphatic rings. The Balaban J connectivity index is 2.64. The van der Waals surface area contributed by atoms with Crippen LogP contribution in [0.25, 0.3) is 0 Å². The van der Waals surface area contributed by atoms with Crippen molar-refractivity contribution >= 4 is 16.8 Å². The van der Waals surface area contributed by atoms with Gasteiger partial charge in [-0.2, -0.15) is 0 Å². The normalized spacial score (nSPS) is 14.4. The molecule has 0 amide bonds. The predicted molar refractivity (Wildman–Crippen MR) is 73.3 cm³/mol. The molecule has 4 heteroatoms. The number of carboxylic acids is 1. The topological polar surface area (TPSA) is 54.4 Å². The van der Waals surface area contributed by atoms with E-state index >= 15 is 0 Å². The van der Waals surface area contributed by atoms with Crippen LogP contribution >= 0.6 is 0 Å². The third-order valence-electron chi connectivity index (χ3n) is 2.67. The third kappa shape index (κ3) is 4.61. The number of hydrogen-bond donors (Lipinski definition) is 1. The molecule has 0 radical (unpaired) electrons. The Morgan fingerprint density at radius 2 is 1.78 bits per heavy atom. The molecular weight excluding hydrogens is 248 g/mol. The Labute approximate surface area is 111 Å². The molecule has 18 heavy (non-hydrogen) atoms. The van der Waals surface area contributed by atoms with Crippen molar-refractivity contribution in [2.75, 3.05) is 5.75 Å². The van der Waals surface area contributed by atoms with E-state index in [9.17, 15) is 9.00 Å². The molecule has 1 N–H and O–H groups in total. The summed E-state index contributed by atoms with van der Waals surface area (Å²) in [6, 6.07) is 6.29. The minimum absolute atomic E-state index is 0.228. The Morgan fingerprint density at radius 3 is 2.22 bits per heavy atom. The average Bonchev–Trinajstić information content (AvgIpc) is 2.27. The molecule has 0 spiro atoms. The van der Waals surface area contributed by atoms with E-state index in [0.717, 1.165) is 6.42 Å². The van der Waals surface area contributed by atoms with E-state index in [2.05, 4.69) is 20.8 Å². The molecule has 2 atom stereocenters. The van der Waals surface area contributed by atoms with Gasteiger partial charge in [-0.3, -0.25) is 4.21 Å². The summed E-state index contributed by atoms with van der Waals surface area (Å²) in [5.41, 5.74) is 0.228. The van der Waals surface area contributed by atoms with E-state index in [4.69, 9.17) is 5.11 Å². The lowest BCUT2D eigenvalue weighted by Crippen LogP contribution is -2.10. The molecule has 100 valence electrons. The number of carboxylic acid groups (broad SMARTS) is 1. The van der Waals surface area contributed by atoms with Crippen molar-refractivity contribution in [2.45, 2.75) is 32.1 Å². The smallest absolute Gasteiger partial charge is 0.335 e. The number of aromatic carboxylic acids is 1. The molecule has 1 aromatic rings. The van der Waals surface area contributed by atoms with E-state index < -0.39 is 16.8 Å². The summed E-state index contributed by atoms with van der Waals surface area (Å²) in [5.74, 6) is 0.682. The first-order chi connectivity index (χ1) is 8.40. The molecule has 1 rings (SSSR count). The quantitative estimate of drug-likeness (QED) is 0.862. The summed E-state index contributed by atoms with van der Waals surface area (Å²) < 4.78 is 12.1. The van der Waals surface area contributed by atoms with Gasteiger partial charge in [-0.15, -0.1) is 0 Å². The van der Waals surface area contributed by atoms with Crippen molar-refractivity contribution in [1.29, 1.82) is 0 Å². The van der Waals surface area contributed by atoms with Crippen molar-refractivity contribution in [1.82, 2.24) is 0 Å². The van der Waals surface area contributed by atoms with Gasteiger partial charge < -0.3 is 5.11 Å². The molecule has 0 saturated heterocycles. The lowest BCUT2D eigenvalue weighted by Gasteiger charge is -2.13. The summed E-state index contributed by atoms with van der Waals surface area (Å²) in [5, 5.41) is 8.78. The molecule has 3 nitrogen and oxygen atoms in total. The molecule has 0 fully saturated rings. The van der Waals surface area contributed by atoms with Crippen molar-refractivity contribution in [3.8, 4) is 0 Å². The Kier molecular flexibility index (Phi) is 5.54. The first-order valence-corrected chi connectivity index (χ1v) is 7.43. The van der Waals surface area contributed by atoms with Crippen molar-refractivity contribution < 1.29 is 14.1 Å². The standard InChI is InChI=1S/C14H20O3S/c1-10(2)8-11(3)9-18(17)13-6-4-12(5-7-13)14(15)16/h4-7,10-11H,8-9H2,1-3H3,(H,15,16). The van der Waals surface area contributed by atoms with E-state index in [1.54, 1.807) is 12.1 Å². The lowest BCUT2D eigenvalue weighted by molar-refractivity contribution is 0.0697. The van der Waals surface area contributed by atoms with E-state index in [-0.39, 0.29) is 5.56 Å². The highest BCUT2D eigenvalue weighted by Crippen LogP contribution is 2.16. The molecule has 2 unspecified atom stereocenters. The summed E-state index contributed by atoms with van der Waals surface area (Å²) in [6.45, 7) is 6.41. The highest BCUT2D eigenvalue weighted by molar-refractivity contribution is 7.85. The van der Waals surface area contributed by atoms with E-state index in [1.165, 1.54) is 12.1 Å². The largest absolute Gasteiger partial charge is 0.478 e. The van der Waals surface area contributed by atoms with Crippen LogP contribution in [0, 0.1) is 11.8 Å². The molecule has 0 bridgehead atoms. The Bertz CT molecular complexity index is 423. The van der Waals surface area contributed by atoms with Gasteiger partial charge in [0.25, 0.3) is 0 Å². The van der Waals surface area contributed by atoms with Crippen LogP contribution in [0.3, 0.4) is 0 Å². The molecule has 0 aliphatic heterocycles. The fourth-order valence-corrected chi connectivity index (χ4v) is 3.26. The summed E-state index contributed by atoms with van der Waals surface area (Å²) in [7, 11) is -1.04. The molecule has 1 aromatic carbocycles. The molecule has 0 saturated carbocycles. The Morgan fingerprint density at radius 1 is 1.22 bits per heavy atom. The van der Waals surface area contributed by atoms with Gasteiger partial charge >= 0.3 is 5.97 Å². The van der Waals surface area contributed by atoms with Crippen LogP contribution in [0.1, 0.15) is 37.6 Å². The number of rotatable bonds is 6. The first kappa shape index (κ1) is 14.9. The minimum atomic E-state index is -1.04. The highest BCUT2D eigenvalue weighted by Gasteiger charge is 2.12.